The lowest BCUT2D eigenvalue weighted by atomic mass is 9.79. The molecule has 3 amide bonds. The van der Waals surface area contributed by atoms with Crippen molar-refractivity contribution in [2.24, 2.45) is 11.7 Å². The van der Waals surface area contributed by atoms with E-state index in [1.54, 1.807) is 6.07 Å². The summed E-state index contributed by atoms with van der Waals surface area (Å²) in [5, 5.41) is 24.6. The molecule has 230 valence electrons. The number of hydrogen-bond donors (Lipinski definition) is 6. The number of amides is 3. The molecule has 1 atom stereocenters. The highest BCUT2D eigenvalue weighted by Gasteiger charge is 2.31. The van der Waals surface area contributed by atoms with Crippen molar-refractivity contribution in [1.29, 1.82) is 0 Å². The van der Waals surface area contributed by atoms with Gasteiger partial charge in [-0.05, 0) is 60.5 Å². The lowest BCUT2D eigenvalue weighted by Gasteiger charge is -2.21. The summed E-state index contributed by atoms with van der Waals surface area (Å²) in [7, 11) is -6.34. The van der Waals surface area contributed by atoms with Gasteiger partial charge in [0, 0.05) is 18.4 Å². The minimum Gasteiger partial charge on any atom is -0.423 e. The molecule has 2 aromatic carbocycles. The Bertz CT molecular complexity index is 1540. The van der Waals surface area contributed by atoms with Gasteiger partial charge in [0.15, 0.2) is 0 Å². The number of unbranched alkanes of at least 4 members (excludes halogenated alkanes) is 1. The van der Waals surface area contributed by atoms with Crippen LogP contribution < -0.4 is 21.8 Å². The lowest BCUT2D eigenvalue weighted by Crippen LogP contribution is -2.48. The van der Waals surface area contributed by atoms with Gasteiger partial charge in [-0.2, -0.15) is 8.42 Å². The standard InChI is InChI=1S/C17H19N3O2.C12H18BNO6S/c18-16(21)15(12-6-1-2-7-12)20-17(22)14-10-9-11-5-3-4-8-13(11)19-14;1-2-3-4-12(15)14-8-9-5-10(13(16)17)7-11(6-9)21(18,19)20/h3-5,8-10,12,15H,1-2,6-7H2,(H2,18,21)(H,20,22);5-7,16-17H,2-4,8H2,1H3,(H,14,15)(H,18,19,20). The van der Waals surface area contributed by atoms with Crippen LogP contribution in [0, 0.1) is 5.92 Å². The van der Waals surface area contributed by atoms with E-state index in [1.165, 1.54) is 12.1 Å². The fourth-order valence-corrected chi connectivity index (χ4v) is 5.42. The van der Waals surface area contributed by atoms with E-state index in [4.69, 9.17) is 20.3 Å². The van der Waals surface area contributed by atoms with Crippen LogP contribution in [0.5, 0.6) is 0 Å². The second-order valence-electron chi connectivity index (χ2n) is 10.4. The maximum Gasteiger partial charge on any atom is 0.488 e. The molecule has 1 aromatic heterocycles. The van der Waals surface area contributed by atoms with Gasteiger partial charge in [-0.3, -0.25) is 18.9 Å². The third-order valence-corrected chi connectivity index (χ3v) is 7.96. The number of carbonyl (C=O) groups is 3. The van der Waals surface area contributed by atoms with E-state index in [1.807, 2.05) is 37.3 Å². The third kappa shape index (κ3) is 10.1. The van der Waals surface area contributed by atoms with Gasteiger partial charge in [0.2, 0.25) is 11.8 Å². The molecule has 0 radical (unpaired) electrons. The number of primary amides is 1. The van der Waals surface area contributed by atoms with E-state index < -0.39 is 34.1 Å². The van der Waals surface area contributed by atoms with Crippen molar-refractivity contribution in [1.82, 2.24) is 15.6 Å². The predicted octanol–water partition coefficient (Wildman–Crippen LogP) is 1.43. The van der Waals surface area contributed by atoms with Crippen LogP contribution in [0.25, 0.3) is 10.9 Å². The minimum absolute atomic E-state index is 0.0334. The number of rotatable bonds is 11. The molecule has 0 bridgehead atoms. The van der Waals surface area contributed by atoms with E-state index in [0.717, 1.165) is 55.5 Å². The van der Waals surface area contributed by atoms with Crippen LogP contribution in [0.2, 0.25) is 0 Å². The first-order valence-electron chi connectivity index (χ1n) is 14.1. The second-order valence-corrected chi connectivity index (χ2v) is 11.8. The summed E-state index contributed by atoms with van der Waals surface area (Å²) in [6.07, 6.45) is 6.02. The zero-order chi connectivity index (χ0) is 31.6. The zero-order valence-electron chi connectivity index (χ0n) is 23.9. The molecule has 7 N–H and O–H groups in total. The molecule has 0 spiro atoms. The van der Waals surface area contributed by atoms with Crippen molar-refractivity contribution in [3.63, 3.8) is 0 Å². The molecule has 12 nitrogen and oxygen atoms in total. The van der Waals surface area contributed by atoms with Crippen molar-refractivity contribution < 1.29 is 37.4 Å². The normalized spacial score (nSPS) is 14.0. The molecule has 1 unspecified atom stereocenters. The molecule has 1 aliphatic carbocycles. The first-order valence-corrected chi connectivity index (χ1v) is 15.5. The highest BCUT2D eigenvalue weighted by atomic mass is 32.2. The largest absolute Gasteiger partial charge is 0.488 e. The van der Waals surface area contributed by atoms with Crippen LogP contribution in [-0.4, -0.2) is 58.9 Å². The van der Waals surface area contributed by atoms with E-state index >= 15 is 0 Å². The van der Waals surface area contributed by atoms with Crippen LogP contribution in [0.15, 0.2) is 59.5 Å². The Morgan fingerprint density at radius 3 is 2.40 bits per heavy atom. The van der Waals surface area contributed by atoms with Crippen molar-refractivity contribution in [2.75, 3.05) is 0 Å². The van der Waals surface area contributed by atoms with Gasteiger partial charge in [0.25, 0.3) is 16.0 Å². The molecule has 4 rings (SSSR count). The van der Waals surface area contributed by atoms with Gasteiger partial charge in [-0.25, -0.2) is 4.98 Å². The van der Waals surface area contributed by atoms with E-state index in [9.17, 15) is 22.8 Å². The van der Waals surface area contributed by atoms with Crippen LogP contribution in [0.3, 0.4) is 0 Å². The molecule has 1 fully saturated rings. The molecular formula is C29H37BN4O8S. The van der Waals surface area contributed by atoms with Crippen LogP contribution in [0.4, 0.5) is 0 Å². The first kappa shape index (κ1) is 33.7. The highest BCUT2D eigenvalue weighted by molar-refractivity contribution is 7.85. The summed E-state index contributed by atoms with van der Waals surface area (Å²) >= 11 is 0. The Kier molecular flexibility index (Phi) is 12.2. The van der Waals surface area contributed by atoms with E-state index in [0.29, 0.717) is 17.7 Å². The number of benzene rings is 2. The Hall–Kier alpha value is -3.85. The van der Waals surface area contributed by atoms with Gasteiger partial charge in [-0.1, -0.05) is 56.5 Å². The smallest absolute Gasteiger partial charge is 0.423 e. The van der Waals surface area contributed by atoms with Crippen molar-refractivity contribution in [2.45, 2.75) is 69.4 Å². The third-order valence-electron chi connectivity index (χ3n) is 7.13. The molecule has 0 aliphatic heterocycles. The van der Waals surface area contributed by atoms with Crippen molar-refractivity contribution in [3.05, 3.63) is 65.9 Å². The average molecular weight is 613 g/mol. The Morgan fingerprint density at radius 2 is 1.77 bits per heavy atom. The molecule has 14 heteroatoms. The monoisotopic (exact) mass is 612 g/mol. The lowest BCUT2D eigenvalue weighted by molar-refractivity contribution is -0.122. The van der Waals surface area contributed by atoms with Gasteiger partial charge < -0.3 is 26.4 Å². The number of nitrogens with one attached hydrogen (secondary N) is 2. The number of carbonyl (C=O) groups excluding carboxylic acids is 3. The fourth-order valence-electron chi connectivity index (χ4n) is 4.83. The van der Waals surface area contributed by atoms with Gasteiger partial charge >= 0.3 is 7.12 Å². The molecule has 43 heavy (non-hydrogen) atoms. The number of nitrogens with two attached hydrogens (primary N) is 1. The predicted molar refractivity (Wildman–Crippen MR) is 162 cm³/mol. The molecule has 1 heterocycles. The summed E-state index contributed by atoms with van der Waals surface area (Å²) < 4.78 is 31.3. The topological polar surface area (TPSA) is 209 Å². The van der Waals surface area contributed by atoms with Crippen molar-refractivity contribution in [3.8, 4) is 0 Å². The number of hydrogen-bond acceptors (Lipinski definition) is 8. The second kappa shape index (κ2) is 15.6. The maximum atomic E-state index is 12.4. The maximum absolute atomic E-state index is 12.4. The Labute approximate surface area is 251 Å². The first-order chi connectivity index (χ1) is 20.4. The van der Waals surface area contributed by atoms with E-state index in [2.05, 4.69) is 15.6 Å². The van der Waals surface area contributed by atoms with Crippen LogP contribution >= 0.6 is 0 Å². The number of fused-ring (bicyclic) bond motifs is 1. The quantitative estimate of drug-likeness (QED) is 0.136. The molecule has 3 aromatic rings. The molecule has 1 aliphatic rings. The number of pyridine rings is 1. The fraction of sp³-hybridized carbons (Fsp3) is 0.379. The minimum atomic E-state index is -4.47. The highest BCUT2D eigenvalue weighted by Crippen LogP contribution is 2.28. The van der Waals surface area contributed by atoms with Crippen LogP contribution in [-0.2, 0) is 26.3 Å². The van der Waals surface area contributed by atoms with Gasteiger partial charge in [-0.15, -0.1) is 0 Å². The van der Waals surface area contributed by atoms with Gasteiger partial charge in [0.05, 0.1) is 10.4 Å². The van der Waals surface area contributed by atoms with Gasteiger partial charge in [0.1, 0.15) is 11.7 Å². The zero-order valence-corrected chi connectivity index (χ0v) is 24.7. The average Bonchev–Trinajstić information content (AvgIpc) is 3.51. The molecule has 1 saturated carbocycles. The number of para-hydroxylation sites is 1. The summed E-state index contributed by atoms with van der Waals surface area (Å²) in [6.45, 7) is 1.99. The summed E-state index contributed by atoms with van der Waals surface area (Å²) in [6, 6.07) is 14.0. The SMILES string of the molecule is CCCCC(=O)NCc1cc(B(O)O)cc(S(=O)(=O)O)c1.NC(=O)C(NC(=O)c1ccc2ccccc2n1)C1CCCC1. The summed E-state index contributed by atoms with van der Waals surface area (Å²) in [5.74, 6) is -0.857. The summed E-state index contributed by atoms with van der Waals surface area (Å²) in [4.78, 5) is 39.4. The number of nitrogens with zero attached hydrogens (tertiary/aromatic N) is 1. The molecule has 0 saturated heterocycles. The van der Waals surface area contributed by atoms with Crippen molar-refractivity contribution >= 4 is 51.3 Å². The Morgan fingerprint density at radius 1 is 1.07 bits per heavy atom. The van der Waals surface area contributed by atoms with E-state index in [-0.39, 0.29) is 29.7 Å². The summed E-state index contributed by atoms with van der Waals surface area (Å²) in [5.41, 5.74) is 6.79. The number of aromatic nitrogens is 1. The van der Waals surface area contributed by atoms with Crippen LogP contribution in [0.1, 0.15) is 67.9 Å². The Balaban J connectivity index is 0.000000236. The molecular weight excluding hydrogens is 575 g/mol.